The summed E-state index contributed by atoms with van der Waals surface area (Å²) in [6.07, 6.45) is 0.947. The number of hydrogen-bond donors (Lipinski definition) is 1. The van der Waals surface area contributed by atoms with Gasteiger partial charge in [0, 0.05) is 12.1 Å². The lowest BCUT2D eigenvalue weighted by Crippen LogP contribution is -2.50. The van der Waals surface area contributed by atoms with Crippen molar-refractivity contribution in [2.45, 2.75) is 31.9 Å². The maximum atomic E-state index is 12.4. The molecule has 0 saturated carbocycles. The normalized spacial score (nSPS) is 21.6. The fourth-order valence-electron chi connectivity index (χ4n) is 2.47. The van der Waals surface area contributed by atoms with Crippen LogP contribution in [0.25, 0.3) is 0 Å². The highest BCUT2D eigenvalue weighted by molar-refractivity contribution is 5.98. The topological polar surface area (TPSA) is 66.8 Å². The van der Waals surface area contributed by atoms with E-state index in [-0.39, 0.29) is 11.3 Å². The monoisotopic (exact) mass is 299 g/mol. The van der Waals surface area contributed by atoms with E-state index in [1.165, 1.54) is 36.1 Å². The van der Waals surface area contributed by atoms with Crippen molar-refractivity contribution in [1.82, 2.24) is 4.90 Å². The summed E-state index contributed by atoms with van der Waals surface area (Å²) in [4.78, 5) is 25.0. The predicted octanol–water partition coefficient (Wildman–Crippen LogP) is 2.37. The lowest BCUT2D eigenvalue weighted by Gasteiger charge is -2.31. The van der Waals surface area contributed by atoms with Crippen LogP contribution in [0.5, 0.6) is 5.75 Å². The number of benzene rings is 1. The maximum absolute atomic E-state index is 12.4. The molecule has 1 amide bonds. The highest BCUT2D eigenvalue weighted by Crippen LogP contribution is 2.31. The third-order valence-corrected chi connectivity index (χ3v) is 3.65. The molecular formula is C14H15F2NO4. The lowest BCUT2D eigenvalue weighted by molar-refractivity contribution is -0.147. The Kier molecular flexibility index (Phi) is 4.11. The number of alkyl halides is 2. The van der Waals surface area contributed by atoms with Gasteiger partial charge in [-0.3, -0.25) is 4.79 Å². The summed E-state index contributed by atoms with van der Waals surface area (Å²) in [5, 5.41) is 9.29. The fourth-order valence-corrected chi connectivity index (χ4v) is 2.47. The van der Waals surface area contributed by atoms with E-state index in [1.54, 1.807) is 0 Å². The SMILES string of the molecule is CC1(C(=O)O)CCCN1C(=O)c1cccc(OC(F)F)c1. The number of ether oxygens (including phenoxy) is 1. The molecule has 0 radical (unpaired) electrons. The minimum Gasteiger partial charge on any atom is -0.480 e. The first kappa shape index (κ1) is 15.2. The van der Waals surface area contributed by atoms with Crippen LogP contribution in [0.15, 0.2) is 24.3 Å². The minimum absolute atomic E-state index is 0.127. The van der Waals surface area contributed by atoms with Crippen molar-refractivity contribution in [3.63, 3.8) is 0 Å². The Hall–Kier alpha value is -2.18. The fraction of sp³-hybridized carbons (Fsp3) is 0.429. The van der Waals surface area contributed by atoms with Gasteiger partial charge in [-0.05, 0) is 38.0 Å². The summed E-state index contributed by atoms with van der Waals surface area (Å²) in [7, 11) is 0. The van der Waals surface area contributed by atoms with Gasteiger partial charge >= 0.3 is 12.6 Å². The summed E-state index contributed by atoms with van der Waals surface area (Å²) < 4.78 is 28.6. The number of halogens is 2. The molecule has 1 heterocycles. The third kappa shape index (κ3) is 2.96. The molecule has 1 aliphatic heterocycles. The van der Waals surface area contributed by atoms with Gasteiger partial charge in [-0.1, -0.05) is 6.07 Å². The Morgan fingerprint density at radius 2 is 2.14 bits per heavy atom. The van der Waals surface area contributed by atoms with Crippen molar-refractivity contribution < 1.29 is 28.2 Å². The minimum atomic E-state index is -2.98. The molecule has 5 nitrogen and oxygen atoms in total. The molecule has 2 rings (SSSR count). The van der Waals surface area contributed by atoms with Crippen molar-refractivity contribution >= 4 is 11.9 Å². The van der Waals surface area contributed by atoms with E-state index in [0.717, 1.165) is 0 Å². The number of aliphatic carboxylic acids is 1. The molecule has 1 aromatic carbocycles. The third-order valence-electron chi connectivity index (χ3n) is 3.65. The Labute approximate surface area is 120 Å². The Bertz CT molecular complexity index is 564. The molecule has 21 heavy (non-hydrogen) atoms. The second-order valence-corrected chi connectivity index (χ2v) is 5.05. The van der Waals surface area contributed by atoms with Crippen LogP contribution in [0.2, 0.25) is 0 Å². The number of nitrogens with zero attached hydrogens (tertiary/aromatic N) is 1. The molecule has 1 saturated heterocycles. The van der Waals surface area contributed by atoms with Gasteiger partial charge in [-0.15, -0.1) is 0 Å². The molecular weight excluding hydrogens is 284 g/mol. The number of carbonyl (C=O) groups is 2. The zero-order chi connectivity index (χ0) is 15.6. The Morgan fingerprint density at radius 3 is 2.76 bits per heavy atom. The van der Waals surface area contributed by atoms with Gasteiger partial charge in [-0.25, -0.2) is 4.79 Å². The number of amides is 1. The first-order valence-electron chi connectivity index (χ1n) is 6.45. The van der Waals surface area contributed by atoms with Gasteiger partial charge in [0.1, 0.15) is 11.3 Å². The molecule has 0 aromatic heterocycles. The quantitative estimate of drug-likeness (QED) is 0.927. The van der Waals surface area contributed by atoms with Crippen LogP contribution in [0.1, 0.15) is 30.1 Å². The van der Waals surface area contributed by atoms with Crippen molar-refractivity contribution in [3.05, 3.63) is 29.8 Å². The molecule has 114 valence electrons. The second-order valence-electron chi connectivity index (χ2n) is 5.05. The molecule has 0 spiro atoms. The number of carbonyl (C=O) groups excluding carboxylic acids is 1. The predicted molar refractivity (Wildman–Crippen MR) is 69.4 cm³/mol. The van der Waals surface area contributed by atoms with Crippen molar-refractivity contribution in [1.29, 1.82) is 0 Å². The van der Waals surface area contributed by atoms with E-state index < -0.39 is 24.0 Å². The van der Waals surface area contributed by atoms with Gasteiger partial charge in [-0.2, -0.15) is 8.78 Å². The number of carboxylic acids is 1. The maximum Gasteiger partial charge on any atom is 0.387 e. The number of hydrogen-bond acceptors (Lipinski definition) is 3. The van der Waals surface area contributed by atoms with Crippen molar-refractivity contribution in [3.8, 4) is 5.75 Å². The van der Waals surface area contributed by atoms with Gasteiger partial charge in [0.05, 0.1) is 0 Å². The number of likely N-dealkylation sites (tertiary alicyclic amines) is 1. The molecule has 1 aromatic rings. The van der Waals surface area contributed by atoms with Crippen LogP contribution in [0.4, 0.5) is 8.78 Å². The van der Waals surface area contributed by atoms with E-state index in [2.05, 4.69) is 4.74 Å². The van der Waals surface area contributed by atoms with Crippen LogP contribution < -0.4 is 4.74 Å². The second kappa shape index (κ2) is 5.67. The van der Waals surface area contributed by atoms with Crippen molar-refractivity contribution in [2.75, 3.05) is 6.54 Å². The highest BCUT2D eigenvalue weighted by Gasteiger charge is 2.46. The smallest absolute Gasteiger partial charge is 0.387 e. The van der Waals surface area contributed by atoms with Crippen LogP contribution >= 0.6 is 0 Å². The van der Waals surface area contributed by atoms with Crippen LogP contribution in [0, 0.1) is 0 Å². The number of carboxylic acid groups (broad SMARTS) is 1. The van der Waals surface area contributed by atoms with Crippen molar-refractivity contribution in [2.24, 2.45) is 0 Å². The Morgan fingerprint density at radius 1 is 1.43 bits per heavy atom. The molecule has 1 N–H and O–H groups in total. The average molecular weight is 299 g/mol. The standard InChI is InChI=1S/C14H15F2NO4/c1-14(12(19)20)6-3-7-17(14)11(18)9-4-2-5-10(8-9)21-13(15)16/h2,4-5,8,13H,3,6-7H2,1H3,(H,19,20). The largest absolute Gasteiger partial charge is 0.480 e. The number of rotatable bonds is 4. The van der Waals surface area contributed by atoms with Crippen LogP contribution in [-0.2, 0) is 4.79 Å². The summed E-state index contributed by atoms with van der Waals surface area (Å²) in [6, 6.07) is 5.36. The molecule has 1 aliphatic rings. The molecule has 7 heteroatoms. The van der Waals surface area contributed by atoms with Crippen LogP contribution in [0.3, 0.4) is 0 Å². The summed E-state index contributed by atoms with van der Waals surface area (Å²) >= 11 is 0. The van der Waals surface area contributed by atoms with Gasteiger partial charge in [0.2, 0.25) is 0 Å². The first-order chi connectivity index (χ1) is 9.84. The zero-order valence-electron chi connectivity index (χ0n) is 11.4. The highest BCUT2D eigenvalue weighted by atomic mass is 19.3. The molecule has 1 fully saturated rings. The summed E-state index contributed by atoms with van der Waals surface area (Å²) in [6.45, 7) is -1.17. The van der Waals surface area contributed by atoms with E-state index >= 15 is 0 Å². The van der Waals surface area contributed by atoms with Crippen LogP contribution in [-0.4, -0.2) is 40.6 Å². The molecule has 0 aliphatic carbocycles. The average Bonchev–Trinajstić information content (AvgIpc) is 2.81. The van der Waals surface area contributed by atoms with Gasteiger partial charge < -0.3 is 14.7 Å². The lowest BCUT2D eigenvalue weighted by atomic mass is 9.98. The van der Waals surface area contributed by atoms with E-state index in [1.807, 2.05) is 0 Å². The van der Waals surface area contributed by atoms with E-state index in [4.69, 9.17) is 0 Å². The summed E-state index contributed by atoms with van der Waals surface area (Å²) in [5.41, 5.74) is -1.14. The van der Waals surface area contributed by atoms with Gasteiger partial charge in [0.15, 0.2) is 0 Å². The molecule has 0 bridgehead atoms. The van der Waals surface area contributed by atoms with Gasteiger partial charge in [0.25, 0.3) is 5.91 Å². The first-order valence-corrected chi connectivity index (χ1v) is 6.45. The molecule has 1 atom stereocenters. The Balaban J connectivity index is 2.26. The summed E-state index contributed by atoms with van der Waals surface area (Å²) in [5.74, 6) is -1.71. The van der Waals surface area contributed by atoms with E-state index in [0.29, 0.717) is 19.4 Å². The molecule has 1 unspecified atom stereocenters. The van der Waals surface area contributed by atoms with E-state index in [9.17, 15) is 23.5 Å². The zero-order valence-corrected chi connectivity index (χ0v) is 11.4.